The molecule has 3 N–H and O–H groups in total. The van der Waals surface area contributed by atoms with Crippen LogP contribution in [0.1, 0.15) is 76.2 Å². The van der Waals surface area contributed by atoms with Crippen LogP contribution in [-0.4, -0.2) is 78.2 Å². The molecule has 2 aliphatic heterocycles. The zero-order valence-electron chi connectivity index (χ0n) is 22.7. The van der Waals surface area contributed by atoms with Crippen LogP contribution in [0.3, 0.4) is 0 Å². The highest BCUT2D eigenvalue weighted by molar-refractivity contribution is 6.07. The number of morpholine rings is 1. The number of likely N-dealkylation sites (tertiary alicyclic amines) is 1. The molecule has 1 aromatic rings. The van der Waals surface area contributed by atoms with Crippen molar-refractivity contribution in [1.82, 2.24) is 15.1 Å². The average molecular weight is 529 g/mol. The maximum absolute atomic E-state index is 13.6. The van der Waals surface area contributed by atoms with Crippen molar-refractivity contribution in [2.75, 3.05) is 44.9 Å². The van der Waals surface area contributed by atoms with Gasteiger partial charge >= 0.3 is 0 Å². The Morgan fingerprint density at radius 3 is 2.47 bits per heavy atom. The predicted octanol–water partition coefficient (Wildman–Crippen LogP) is 3.53. The first kappa shape index (κ1) is 28.5. The van der Waals surface area contributed by atoms with Crippen molar-refractivity contribution in [3.63, 3.8) is 0 Å². The van der Waals surface area contributed by atoms with Gasteiger partial charge in [-0.25, -0.2) is 0 Å². The molecule has 0 radical (unpaired) electrons. The highest BCUT2D eigenvalue weighted by Gasteiger charge is 2.45. The number of nitrogens with one attached hydrogen (secondary N) is 2. The summed E-state index contributed by atoms with van der Waals surface area (Å²) in [6, 6.07) is 6.67. The molecule has 38 heavy (non-hydrogen) atoms. The SMILES string of the molecule is CC(C[C@@H]1CC(=O)N([C@@H](CC2CCCCC2)C(=O)NCCCN2CCOCC2)C1=O)c1ccc(NO)cc1. The van der Waals surface area contributed by atoms with Gasteiger partial charge in [-0.15, -0.1) is 0 Å². The number of imide groups is 1. The summed E-state index contributed by atoms with van der Waals surface area (Å²) in [7, 11) is 0. The van der Waals surface area contributed by atoms with E-state index < -0.39 is 12.0 Å². The lowest BCUT2D eigenvalue weighted by Gasteiger charge is -2.31. The summed E-state index contributed by atoms with van der Waals surface area (Å²) in [6.45, 7) is 6.80. The van der Waals surface area contributed by atoms with E-state index in [1.165, 1.54) is 11.3 Å². The zero-order valence-corrected chi connectivity index (χ0v) is 22.7. The molecule has 2 saturated heterocycles. The first-order valence-corrected chi connectivity index (χ1v) is 14.4. The molecule has 9 heteroatoms. The molecule has 4 rings (SSSR count). The largest absolute Gasteiger partial charge is 0.379 e. The van der Waals surface area contributed by atoms with E-state index in [0.29, 0.717) is 31.0 Å². The molecule has 0 aromatic heterocycles. The number of carbonyl (C=O) groups is 3. The molecule has 0 spiro atoms. The van der Waals surface area contributed by atoms with Gasteiger partial charge in [-0.2, -0.15) is 0 Å². The van der Waals surface area contributed by atoms with E-state index in [1.54, 1.807) is 12.1 Å². The van der Waals surface area contributed by atoms with Crippen LogP contribution in [-0.2, 0) is 19.1 Å². The monoisotopic (exact) mass is 528 g/mol. The zero-order chi connectivity index (χ0) is 26.9. The van der Waals surface area contributed by atoms with Crippen molar-refractivity contribution < 1.29 is 24.3 Å². The van der Waals surface area contributed by atoms with Crippen molar-refractivity contribution in [3.05, 3.63) is 29.8 Å². The number of hydrogen-bond acceptors (Lipinski definition) is 7. The van der Waals surface area contributed by atoms with Gasteiger partial charge < -0.3 is 10.1 Å². The normalized spacial score (nSPS) is 22.9. The summed E-state index contributed by atoms with van der Waals surface area (Å²) in [5.41, 5.74) is 3.76. The molecule has 1 aromatic carbocycles. The number of benzene rings is 1. The third-order valence-electron chi connectivity index (χ3n) is 8.47. The van der Waals surface area contributed by atoms with E-state index in [4.69, 9.17) is 9.94 Å². The third-order valence-corrected chi connectivity index (χ3v) is 8.47. The highest BCUT2D eigenvalue weighted by Crippen LogP contribution is 2.35. The lowest BCUT2D eigenvalue weighted by molar-refractivity contribution is -0.148. The van der Waals surface area contributed by atoms with Gasteiger partial charge in [0.15, 0.2) is 0 Å². The van der Waals surface area contributed by atoms with Crippen LogP contribution in [0.5, 0.6) is 0 Å². The van der Waals surface area contributed by atoms with Crippen LogP contribution in [0.4, 0.5) is 5.69 Å². The topological polar surface area (TPSA) is 111 Å². The Morgan fingerprint density at radius 2 is 1.79 bits per heavy atom. The molecule has 2 heterocycles. The van der Waals surface area contributed by atoms with Crippen molar-refractivity contribution in [2.45, 2.75) is 76.7 Å². The molecule has 1 saturated carbocycles. The molecule has 0 bridgehead atoms. The van der Waals surface area contributed by atoms with Gasteiger partial charge in [0, 0.05) is 32.0 Å². The fourth-order valence-corrected chi connectivity index (χ4v) is 6.20. The van der Waals surface area contributed by atoms with Crippen LogP contribution in [0.15, 0.2) is 24.3 Å². The van der Waals surface area contributed by atoms with Crippen molar-refractivity contribution in [1.29, 1.82) is 0 Å². The summed E-state index contributed by atoms with van der Waals surface area (Å²) >= 11 is 0. The van der Waals surface area contributed by atoms with E-state index in [9.17, 15) is 14.4 Å². The Bertz CT molecular complexity index is 927. The fraction of sp³-hybridized carbons (Fsp3) is 0.690. The van der Waals surface area contributed by atoms with Crippen molar-refractivity contribution in [2.24, 2.45) is 11.8 Å². The minimum atomic E-state index is -0.725. The number of nitrogens with zero attached hydrogens (tertiary/aromatic N) is 2. The summed E-state index contributed by atoms with van der Waals surface area (Å²) < 4.78 is 5.40. The van der Waals surface area contributed by atoms with E-state index >= 15 is 0 Å². The Kier molecular flexibility index (Phi) is 10.5. The van der Waals surface area contributed by atoms with E-state index in [-0.39, 0.29) is 30.1 Å². The van der Waals surface area contributed by atoms with E-state index in [1.807, 2.05) is 19.1 Å². The van der Waals surface area contributed by atoms with Crippen molar-refractivity contribution >= 4 is 23.4 Å². The minimum Gasteiger partial charge on any atom is -0.379 e. The lowest BCUT2D eigenvalue weighted by Crippen LogP contribution is -2.51. The van der Waals surface area contributed by atoms with Crippen LogP contribution < -0.4 is 10.8 Å². The maximum Gasteiger partial charge on any atom is 0.243 e. The van der Waals surface area contributed by atoms with Crippen LogP contribution in [0, 0.1) is 11.8 Å². The molecule has 210 valence electrons. The second kappa shape index (κ2) is 14.1. The molecule has 1 aliphatic carbocycles. The van der Waals surface area contributed by atoms with Crippen molar-refractivity contribution in [3.8, 4) is 0 Å². The highest BCUT2D eigenvalue weighted by atomic mass is 16.5. The summed E-state index contributed by atoms with van der Waals surface area (Å²) in [5, 5.41) is 12.1. The smallest absolute Gasteiger partial charge is 0.243 e. The Morgan fingerprint density at radius 1 is 1.08 bits per heavy atom. The van der Waals surface area contributed by atoms with Crippen LogP contribution in [0.25, 0.3) is 0 Å². The molecule has 3 atom stereocenters. The van der Waals surface area contributed by atoms with Gasteiger partial charge in [0.05, 0.1) is 18.9 Å². The molecular weight excluding hydrogens is 484 g/mol. The molecule has 3 amide bonds. The molecule has 1 unspecified atom stereocenters. The number of carbonyl (C=O) groups excluding carboxylic acids is 3. The quantitative estimate of drug-likeness (QED) is 0.216. The van der Waals surface area contributed by atoms with Crippen LogP contribution >= 0.6 is 0 Å². The first-order chi connectivity index (χ1) is 18.5. The molecule has 3 aliphatic rings. The molecular formula is C29H44N4O5. The summed E-state index contributed by atoms with van der Waals surface area (Å²) in [6.07, 6.45) is 7.70. The first-order valence-electron chi connectivity index (χ1n) is 14.4. The summed E-state index contributed by atoms with van der Waals surface area (Å²) in [5.74, 6) is -0.618. The summed E-state index contributed by atoms with van der Waals surface area (Å²) in [4.78, 5) is 43.8. The van der Waals surface area contributed by atoms with Crippen LogP contribution in [0.2, 0.25) is 0 Å². The average Bonchev–Trinajstić information content (AvgIpc) is 3.22. The van der Waals surface area contributed by atoms with Gasteiger partial charge in [-0.1, -0.05) is 51.2 Å². The number of amides is 3. The van der Waals surface area contributed by atoms with E-state index in [2.05, 4.69) is 15.7 Å². The fourth-order valence-electron chi connectivity index (χ4n) is 6.20. The maximum atomic E-state index is 13.6. The van der Waals surface area contributed by atoms with Gasteiger partial charge in [-0.05, 0) is 55.3 Å². The molecule has 9 nitrogen and oxygen atoms in total. The number of ether oxygens (including phenoxy) is 1. The predicted molar refractivity (Wildman–Crippen MR) is 145 cm³/mol. The van der Waals surface area contributed by atoms with Gasteiger partial charge in [0.1, 0.15) is 6.04 Å². The van der Waals surface area contributed by atoms with E-state index in [0.717, 1.165) is 70.5 Å². The second-order valence-corrected chi connectivity index (χ2v) is 11.2. The number of rotatable bonds is 12. The molecule has 3 fully saturated rings. The second-order valence-electron chi connectivity index (χ2n) is 11.2. The number of anilines is 1. The minimum absolute atomic E-state index is 0.0650. The van der Waals surface area contributed by atoms with Gasteiger partial charge in [-0.3, -0.25) is 34.9 Å². The third kappa shape index (κ3) is 7.55. The Labute approximate surface area is 226 Å². The Hall–Kier alpha value is -2.49. The van der Waals surface area contributed by atoms with Gasteiger partial charge in [0.2, 0.25) is 17.7 Å². The van der Waals surface area contributed by atoms with Gasteiger partial charge in [0.25, 0.3) is 0 Å². The lowest BCUT2D eigenvalue weighted by atomic mass is 9.84. The Balaban J connectivity index is 1.38. The number of hydrogen-bond donors (Lipinski definition) is 3. The standard InChI is InChI=1S/C29H44N4O5/c1-21(23-8-10-25(31-37)11-9-23)18-24-20-27(34)33(29(24)36)26(19-22-6-3-2-4-7-22)28(35)30-12-5-13-32-14-16-38-17-15-32/h8-11,21-22,24,26,31,37H,2-7,12-20H2,1H3,(H,30,35)/t21?,24-,26+/m1/s1.